The van der Waals surface area contributed by atoms with E-state index in [2.05, 4.69) is 34.6 Å². The maximum Gasteiger partial charge on any atom is 0.318 e. The molecule has 7 heteroatoms. The molecule has 0 bridgehead atoms. The number of carboxylic acids is 1. The topological polar surface area (TPSA) is 124 Å². The number of cyclic esters (lactones) is 2. The summed E-state index contributed by atoms with van der Waals surface area (Å²) < 4.78 is 5.24. The first-order valence-corrected chi connectivity index (χ1v) is 13.4. The summed E-state index contributed by atoms with van der Waals surface area (Å²) in [4.78, 5) is 51.1. The summed E-state index contributed by atoms with van der Waals surface area (Å²) in [6.07, 6.45) is 0.724. The molecule has 214 valence electrons. The highest BCUT2D eigenvalue weighted by molar-refractivity contribution is 5.97. The number of esters is 2. The van der Waals surface area contributed by atoms with Crippen molar-refractivity contribution in [3.8, 4) is 0 Å². The lowest BCUT2D eigenvalue weighted by Crippen LogP contribution is -2.53. The summed E-state index contributed by atoms with van der Waals surface area (Å²) in [6.45, 7) is 28.0. The maximum atomic E-state index is 13.2. The minimum absolute atomic E-state index is 0.101. The quantitative estimate of drug-likeness (QED) is 0.264. The molecule has 0 spiro atoms. The second kappa shape index (κ2) is 10.00. The lowest BCUT2D eigenvalue weighted by atomic mass is 9.47. The van der Waals surface area contributed by atoms with Gasteiger partial charge in [-0.25, -0.2) is 0 Å². The van der Waals surface area contributed by atoms with Crippen LogP contribution < -0.4 is 5.73 Å². The van der Waals surface area contributed by atoms with E-state index in [4.69, 9.17) is 10.5 Å². The number of amides is 1. The van der Waals surface area contributed by atoms with Crippen LogP contribution in [0.1, 0.15) is 110 Å². The molecule has 3 N–H and O–H groups in total. The van der Waals surface area contributed by atoms with Crippen LogP contribution in [0.2, 0.25) is 0 Å². The van der Waals surface area contributed by atoms with Crippen LogP contribution in [0.4, 0.5) is 0 Å². The van der Waals surface area contributed by atoms with E-state index in [1.807, 2.05) is 41.5 Å². The van der Waals surface area contributed by atoms with Crippen molar-refractivity contribution >= 4 is 23.8 Å². The Balaban J connectivity index is 3.56. The van der Waals surface area contributed by atoms with Gasteiger partial charge in [0.2, 0.25) is 5.91 Å². The van der Waals surface area contributed by atoms with Crippen molar-refractivity contribution in [1.29, 1.82) is 0 Å². The van der Waals surface area contributed by atoms with Crippen LogP contribution in [0.5, 0.6) is 0 Å². The summed E-state index contributed by atoms with van der Waals surface area (Å²) in [5.41, 5.74) is 2.77. The smallest absolute Gasteiger partial charge is 0.318 e. The number of aliphatic carboxylic acids is 1. The zero-order valence-corrected chi connectivity index (χ0v) is 25.8. The first-order chi connectivity index (χ1) is 16.1. The van der Waals surface area contributed by atoms with Crippen LogP contribution in [0.25, 0.3) is 0 Å². The first-order valence-electron chi connectivity index (χ1n) is 13.4. The summed E-state index contributed by atoms with van der Waals surface area (Å²) in [7, 11) is 0. The SMILES string of the molecule is CC(C)(C)C(C(=O)O)C(CC(C)(C)C(C)(C)C(C)(C)C1C(=O)OC(=O)C1CC(C)(C)C(C)(C)C)C(N)=O. The zero-order valence-electron chi connectivity index (χ0n) is 25.8. The highest BCUT2D eigenvalue weighted by atomic mass is 16.6. The second-order valence-corrected chi connectivity index (χ2v) is 15.8. The highest BCUT2D eigenvalue weighted by Crippen LogP contribution is 2.61. The number of nitrogens with two attached hydrogens (primary N) is 1. The number of primary amides is 1. The molecule has 7 nitrogen and oxygen atoms in total. The number of hydrogen-bond donors (Lipinski definition) is 2. The summed E-state index contributed by atoms with van der Waals surface area (Å²) in [5.74, 6) is -5.86. The molecule has 0 aliphatic carbocycles. The van der Waals surface area contributed by atoms with Crippen LogP contribution in [0.3, 0.4) is 0 Å². The van der Waals surface area contributed by atoms with E-state index in [0.29, 0.717) is 6.42 Å². The van der Waals surface area contributed by atoms with Crippen molar-refractivity contribution in [2.75, 3.05) is 0 Å². The Kier molecular flexibility index (Phi) is 8.94. The van der Waals surface area contributed by atoms with Gasteiger partial charge in [-0.1, -0.05) is 96.9 Å². The standard InChI is InChI=1S/C30H53NO6/c1-25(2,3)19(22(33)34)17(21(31)32)15-28(9,10)30(13,14)29(11,12)20-18(23(35)37-24(20)36)16-27(7,8)26(4,5)6/h17-20H,15-16H2,1-14H3,(H2,31,32)(H,33,34). The molecule has 1 aliphatic rings. The fourth-order valence-corrected chi connectivity index (χ4v) is 5.99. The molecule has 1 fully saturated rings. The number of carbonyl (C=O) groups is 4. The van der Waals surface area contributed by atoms with Crippen molar-refractivity contribution in [1.82, 2.24) is 0 Å². The van der Waals surface area contributed by atoms with E-state index < -0.39 is 69.1 Å². The Labute approximate surface area is 224 Å². The average Bonchev–Trinajstić information content (AvgIpc) is 2.91. The van der Waals surface area contributed by atoms with Gasteiger partial charge >= 0.3 is 17.9 Å². The monoisotopic (exact) mass is 523 g/mol. The summed E-state index contributed by atoms with van der Waals surface area (Å²) >= 11 is 0. The maximum absolute atomic E-state index is 13.2. The van der Waals surface area contributed by atoms with Gasteiger partial charge < -0.3 is 15.6 Å². The van der Waals surface area contributed by atoms with Gasteiger partial charge in [0.05, 0.1) is 23.7 Å². The molecule has 0 radical (unpaired) electrons. The van der Waals surface area contributed by atoms with Crippen LogP contribution >= 0.6 is 0 Å². The minimum atomic E-state index is -1.06. The molecule has 0 aromatic heterocycles. The van der Waals surface area contributed by atoms with E-state index in [-0.39, 0.29) is 17.3 Å². The third-order valence-electron chi connectivity index (χ3n) is 10.7. The van der Waals surface area contributed by atoms with E-state index in [1.54, 1.807) is 20.8 Å². The molecule has 0 aromatic carbocycles. The van der Waals surface area contributed by atoms with E-state index in [9.17, 15) is 24.3 Å². The molecule has 37 heavy (non-hydrogen) atoms. The number of carboxylic acid groups (broad SMARTS) is 1. The molecule has 4 atom stereocenters. The number of ether oxygens (including phenoxy) is 1. The van der Waals surface area contributed by atoms with Crippen LogP contribution in [0, 0.1) is 56.2 Å². The number of carbonyl (C=O) groups excluding carboxylic acids is 3. The van der Waals surface area contributed by atoms with Gasteiger partial charge in [0.15, 0.2) is 0 Å². The third-order valence-corrected chi connectivity index (χ3v) is 10.7. The minimum Gasteiger partial charge on any atom is -0.481 e. The molecular weight excluding hydrogens is 470 g/mol. The second-order valence-electron chi connectivity index (χ2n) is 15.8. The van der Waals surface area contributed by atoms with E-state index in [1.165, 1.54) is 0 Å². The Morgan fingerprint density at radius 3 is 1.65 bits per heavy atom. The molecular formula is C30H53NO6. The third kappa shape index (κ3) is 6.22. The van der Waals surface area contributed by atoms with Crippen LogP contribution in [-0.4, -0.2) is 28.9 Å². The number of hydrogen-bond acceptors (Lipinski definition) is 5. The fourth-order valence-electron chi connectivity index (χ4n) is 5.99. The Bertz CT molecular complexity index is 913. The van der Waals surface area contributed by atoms with Gasteiger partial charge in [0.25, 0.3) is 0 Å². The molecule has 1 saturated heterocycles. The first kappa shape index (κ1) is 33.1. The largest absolute Gasteiger partial charge is 0.481 e. The van der Waals surface area contributed by atoms with E-state index >= 15 is 0 Å². The normalized spacial score (nSPS) is 22.0. The van der Waals surface area contributed by atoms with E-state index in [0.717, 1.165) is 0 Å². The fraction of sp³-hybridized carbons (Fsp3) is 0.867. The van der Waals surface area contributed by atoms with Crippen LogP contribution in [0.15, 0.2) is 0 Å². The van der Waals surface area contributed by atoms with Gasteiger partial charge in [-0.2, -0.15) is 0 Å². The van der Waals surface area contributed by atoms with Crippen molar-refractivity contribution < 1.29 is 29.0 Å². The average molecular weight is 524 g/mol. The predicted octanol–water partition coefficient (Wildman–Crippen LogP) is 6.08. The predicted molar refractivity (Wildman–Crippen MR) is 145 cm³/mol. The summed E-state index contributed by atoms with van der Waals surface area (Å²) in [6, 6.07) is 0. The summed E-state index contributed by atoms with van der Waals surface area (Å²) in [5, 5.41) is 10.0. The molecule has 1 amide bonds. The molecule has 1 heterocycles. The molecule has 1 aliphatic heterocycles. The van der Waals surface area contributed by atoms with Crippen molar-refractivity contribution in [3.05, 3.63) is 0 Å². The van der Waals surface area contributed by atoms with Gasteiger partial charge in [0.1, 0.15) is 0 Å². The van der Waals surface area contributed by atoms with Gasteiger partial charge in [-0.05, 0) is 45.3 Å². The molecule has 0 aromatic rings. The lowest BCUT2D eigenvalue weighted by Gasteiger charge is -2.56. The molecule has 1 rings (SSSR count). The highest BCUT2D eigenvalue weighted by Gasteiger charge is 2.61. The molecule has 0 saturated carbocycles. The zero-order chi connectivity index (χ0) is 29.7. The molecule has 4 unspecified atom stereocenters. The Morgan fingerprint density at radius 2 is 1.30 bits per heavy atom. The van der Waals surface area contributed by atoms with Crippen LogP contribution in [-0.2, 0) is 23.9 Å². The van der Waals surface area contributed by atoms with Crippen molar-refractivity contribution in [2.45, 2.75) is 110 Å². The van der Waals surface area contributed by atoms with Crippen molar-refractivity contribution in [2.24, 2.45) is 61.9 Å². The van der Waals surface area contributed by atoms with Gasteiger partial charge in [0, 0.05) is 0 Å². The van der Waals surface area contributed by atoms with Gasteiger partial charge in [-0.3, -0.25) is 19.2 Å². The van der Waals surface area contributed by atoms with Gasteiger partial charge in [-0.15, -0.1) is 0 Å². The number of rotatable bonds is 10. The Hall–Kier alpha value is -1.92. The lowest BCUT2D eigenvalue weighted by molar-refractivity contribution is -0.158. The van der Waals surface area contributed by atoms with Crippen molar-refractivity contribution in [3.63, 3.8) is 0 Å². The Morgan fingerprint density at radius 1 is 0.838 bits per heavy atom.